The lowest BCUT2D eigenvalue weighted by atomic mass is 10.2. The van der Waals surface area contributed by atoms with Crippen molar-refractivity contribution in [1.29, 1.82) is 0 Å². The molecule has 0 spiro atoms. The molecule has 2 amide bonds. The molecule has 1 N–H and O–H groups in total. The van der Waals surface area contributed by atoms with Crippen LogP contribution >= 0.6 is 11.8 Å². The molecule has 5 heteroatoms. The average molecular weight is 328 g/mol. The van der Waals surface area contributed by atoms with E-state index in [1.807, 2.05) is 42.5 Å². The third-order valence-corrected chi connectivity index (χ3v) is 4.37. The van der Waals surface area contributed by atoms with Gasteiger partial charge in [0, 0.05) is 42.4 Å². The second-order valence-electron chi connectivity index (χ2n) is 5.08. The number of nitrogens with zero attached hydrogens (tertiary/aromatic N) is 1. The lowest BCUT2D eigenvalue weighted by Gasteiger charge is -2.15. The molecule has 0 aliphatic heterocycles. The number of anilines is 2. The number of benzene rings is 2. The highest BCUT2D eigenvalue weighted by atomic mass is 32.2. The van der Waals surface area contributed by atoms with Gasteiger partial charge in [0.25, 0.3) is 0 Å². The zero-order valence-corrected chi connectivity index (χ0v) is 14.1. The van der Waals surface area contributed by atoms with Crippen molar-refractivity contribution in [3.8, 4) is 0 Å². The Morgan fingerprint density at radius 1 is 1.04 bits per heavy atom. The lowest BCUT2D eigenvalue weighted by Crippen LogP contribution is -2.22. The van der Waals surface area contributed by atoms with Gasteiger partial charge in [0.15, 0.2) is 0 Å². The summed E-state index contributed by atoms with van der Waals surface area (Å²) in [6.45, 7) is 1.51. The smallest absolute Gasteiger partial charge is 0.225 e. The molecule has 0 aliphatic rings. The van der Waals surface area contributed by atoms with Crippen LogP contribution in [0.3, 0.4) is 0 Å². The Labute approximate surface area is 140 Å². The molecular weight excluding hydrogens is 308 g/mol. The molecule has 0 aromatic heterocycles. The molecule has 120 valence electrons. The maximum absolute atomic E-state index is 11.9. The highest BCUT2D eigenvalue weighted by Crippen LogP contribution is 2.19. The summed E-state index contributed by atoms with van der Waals surface area (Å²) in [7, 11) is 1.72. The first kappa shape index (κ1) is 17.1. The molecular formula is C18H20N2O2S. The van der Waals surface area contributed by atoms with Crippen LogP contribution in [0.5, 0.6) is 0 Å². The van der Waals surface area contributed by atoms with Gasteiger partial charge in [-0.2, -0.15) is 0 Å². The first-order valence-corrected chi connectivity index (χ1v) is 8.37. The van der Waals surface area contributed by atoms with Crippen LogP contribution in [0.1, 0.15) is 13.3 Å². The van der Waals surface area contributed by atoms with Gasteiger partial charge in [-0.15, -0.1) is 11.8 Å². The van der Waals surface area contributed by atoms with E-state index in [9.17, 15) is 9.59 Å². The standard InChI is InChI=1S/C18H20N2O2S/c1-14(21)20(2)16-10-8-15(9-11-16)19-18(22)12-13-23-17-6-4-3-5-7-17/h3-11H,12-13H2,1-2H3,(H,19,22). The number of hydrogen-bond donors (Lipinski definition) is 1. The van der Waals surface area contributed by atoms with E-state index in [-0.39, 0.29) is 11.8 Å². The Kier molecular flexibility index (Phi) is 6.23. The second kappa shape index (κ2) is 8.39. The molecule has 0 unspecified atom stereocenters. The fraction of sp³-hybridized carbons (Fsp3) is 0.222. The van der Waals surface area contributed by atoms with Crippen molar-refractivity contribution in [2.75, 3.05) is 23.0 Å². The summed E-state index contributed by atoms with van der Waals surface area (Å²) in [5, 5.41) is 2.87. The quantitative estimate of drug-likeness (QED) is 0.821. The van der Waals surface area contributed by atoms with Gasteiger partial charge in [0.05, 0.1) is 0 Å². The zero-order chi connectivity index (χ0) is 16.7. The van der Waals surface area contributed by atoms with Crippen LogP contribution in [0.15, 0.2) is 59.5 Å². The Bertz CT molecular complexity index is 656. The molecule has 0 saturated carbocycles. The zero-order valence-electron chi connectivity index (χ0n) is 13.3. The number of carbonyl (C=O) groups excluding carboxylic acids is 2. The average Bonchev–Trinajstić information content (AvgIpc) is 2.56. The maximum atomic E-state index is 11.9. The van der Waals surface area contributed by atoms with Gasteiger partial charge in [-0.1, -0.05) is 18.2 Å². The maximum Gasteiger partial charge on any atom is 0.225 e. The van der Waals surface area contributed by atoms with E-state index in [0.717, 1.165) is 22.0 Å². The van der Waals surface area contributed by atoms with E-state index < -0.39 is 0 Å². The fourth-order valence-corrected chi connectivity index (χ4v) is 2.82. The van der Waals surface area contributed by atoms with Gasteiger partial charge in [-0.25, -0.2) is 0 Å². The number of nitrogens with one attached hydrogen (secondary N) is 1. The van der Waals surface area contributed by atoms with Crippen LogP contribution in [-0.2, 0) is 9.59 Å². The number of carbonyl (C=O) groups is 2. The molecule has 0 saturated heterocycles. The highest BCUT2D eigenvalue weighted by molar-refractivity contribution is 7.99. The minimum absolute atomic E-state index is 0.0129. The van der Waals surface area contributed by atoms with Crippen LogP contribution in [0.25, 0.3) is 0 Å². The minimum Gasteiger partial charge on any atom is -0.326 e. The summed E-state index contributed by atoms with van der Waals surface area (Å²) < 4.78 is 0. The second-order valence-corrected chi connectivity index (χ2v) is 6.25. The van der Waals surface area contributed by atoms with Crippen molar-refractivity contribution in [2.45, 2.75) is 18.2 Å². The molecule has 2 rings (SSSR count). The first-order chi connectivity index (χ1) is 11.1. The van der Waals surface area contributed by atoms with Crippen LogP contribution in [0, 0.1) is 0 Å². The molecule has 0 fully saturated rings. The predicted octanol–water partition coefficient (Wildman–Crippen LogP) is 3.79. The van der Waals surface area contributed by atoms with E-state index in [4.69, 9.17) is 0 Å². The monoisotopic (exact) mass is 328 g/mol. The Balaban J connectivity index is 1.80. The third kappa shape index (κ3) is 5.45. The Hall–Kier alpha value is -2.27. The number of amides is 2. The van der Waals surface area contributed by atoms with E-state index >= 15 is 0 Å². The van der Waals surface area contributed by atoms with Crippen molar-refractivity contribution in [3.05, 3.63) is 54.6 Å². The SMILES string of the molecule is CC(=O)N(C)c1ccc(NC(=O)CCSc2ccccc2)cc1. The summed E-state index contributed by atoms with van der Waals surface area (Å²) in [4.78, 5) is 26.0. The predicted molar refractivity (Wildman–Crippen MR) is 95.9 cm³/mol. The molecule has 0 heterocycles. The summed E-state index contributed by atoms with van der Waals surface area (Å²) in [5.74, 6) is 0.696. The summed E-state index contributed by atoms with van der Waals surface area (Å²) in [6.07, 6.45) is 0.453. The lowest BCUT2D eigenvalue weighted by molar-refractivity contribution is -0.116. The summed E-state index contributed by atoms with van der Waals surface area (Å²) >= 11 is 1.66. The number of rotatable bonds is 6. The van der Waals surface area contributed by atoms with Crippen molar-refractivity contribution >= 4 is 35.0 Å². The van der Waals surface area contributed by atoms with Gasteiger partial charge in [-0.3, -0.25) is 9.59 Å². The van der Waals surface area contributed by atoms with Gasteiger partial charge in [0.1, 0.15) is 0 Å². The molecule has 0 bridgehead atoms. The normalized spacial score (nSPS) is 10.2. The van der Waals surface area contributed by atoms with Gasteiger partial charge in [-0.05, 0) is 36.4 Å². The van der Waals surface area contributed by atoms with Crippen LogP contribution in [0.2, 0.25) is 0 Å². The van der Waals surface area contributed by atoms with E-state index in [2.05, 4.69) is 5.32 Å². The molecule has 0 aliphatic carbocycles. The molecule has 4 nitrogen and oxygen atoms in total. The summed E-state index contributed by atoms with van der Waals surface area (Å²) in [5.41, 5.74) is 1.54. The van der Waals surface area contributed by atoms with Crippen LogP contribution in [-0.4, -0.2) is 24.6 Å². The molecule has 23 heavy (non-hydrogen) atoms. The summed E-state index contributed by atoms with van der Waals surface area (Å²) in [6, 6.07) is 17.3. The number of hydrogen-bond acceptors (Lipinski definition) is 3. The molecule has 2 aromatic rings. The van der Waals surface area contributed by atoms with Gasteiger partial charge in [0.2, 0.25) is 11.8 Å². The largest absolute Gasteiger partial charge is 0.326 e. The van der Waals surface area contributed by atoms with Crippen LogP contribution in [0.4, 0.5) is 11.4 Å². The molecule has 0 atom stereocenters. The topological polar surface area (TPSA) is 49.4 Å². The van der Waals surface area contributed by atoms with Crippen molar-refractivity contribution in [2.24, 2.45) is 0 Å². The fourth-order valence-electron chi connectivity index (χ4n) is 1.95. The van der Waals surface area contributed by atoms with E-state index in [1.165, 1.54) is 6.92 Å². The molecule has 2 aromatic carbocycles. The number of thioether (sulfide) groups is 1. The van der Waals surface area contributed by atoms with Crippen molar-refractivity contribution in [3.63, 3.8) is 0 Å². The minimum atomic E-state index is -0.0280. The van der Waals surface area contributed by atoms with Crippen molar-refractivity contribution in [1.82, 2.24) is 0 Å². The third-order valence-electron chi connectivity index (χ3n) is 3.35. The van der Waals surface area contributed by atoms with Gasteiger partial charge < -0.3 is 10.2 Å². The molecule has 0 radical (unpaired) electrons. The van der Waals surface area contributed by atoms with E-state index in [1.54, 1.807) is 35.8 Å². The first-order valence-electron chi connectivity index (χ1n) is 7.38. The van der Waals surface area contributed by atoms with Crippen molar-refractivity contribution < 1.29 is 9.59 Å². The van der Waals surface area contributed by atoms with E-state index in [0.29, 0.717) is 6.42 Å². The Morgan fingerprint density at radius 2 is 1.70 bits per heavy atom. The highest BCUT2D eigenvalue weighted by Gasteiger charge is 2.06. The van der Waals surface area contributed by atoms with Gasteiger partial charge >= 0.3 is 0 Å². The Morgan fingerprint density at radius 3 is 2.30 bits per heavy atom. The van der Waals surface area contributed by atoms with Crippen LogP contribution < -0.4 is 10.2 Å².